The lowest BCUT2D eigenvalue weighted by Crippen LogP contribution is -1.97. The largest absolute Gasteiger partial charge is 0.493 e. The van der Waals surface area contributed by atoms with E-state index in [0.717, 1.165) is 32.3 Å². The van der Waals surface area contributed by atoms with Gasteiger partial charge in [-0.25, -0.2) is 9.78 Å². The first-order valence-corrected chi connectivity index (χ1v) is 9.14. The quantitative estimate of drug-likeness (QED) is 0.532. The highest BCUT2D eigenvalue weighted by Gasteiger charge is 2.22. The van der Waals surface area contributed by atoms with Gasteiger partial charge in [0.05, 0.1) is 25.4 Å². The van der Waals surface area contributed by atoms with Crippen LogP contribution in [0.4, 0.5) is 0 Å². The molecule has 0 radical (unpaired) electrons. The van der Waals surface area contributed by atoms with Gasteiger partial charge in [0, 0.05) is 21.2 Å². The van der Waals surface area contributed by atoms with Crippen molar-refractivity contribution in [3.05, 3.63) is 52.2 Å². The zero-order valence-corrected chi connectivity index (χ0v) is 15.9. The number of pyridine rings is 1. The molecule has 4 aromatic rings. The minimum absolute atomic E-state index is 0.247. The molecule has 27 heavy (non-hydrogen) atoms. The molecule has 0 atom stereocenters. The molecule has 2 aromatic carbocycles. The first-order chi connectivity index (χ1) is 13.0. The topological polar surface area (TPSA) is 68.7 Å². The van der Waals surface area contributed by atoms with E-state index in [0.29, 0.717) is 17.0 Å². The predicted molar refractivity (Wildman–Crippen MR) is 107 cm³/mol. The molecule has 0 unspecified atom stereocenters. The summed E-state index contributed by atoms with van der Waals surface area (Å²) in [6.45, 7) is 1.92. The number of benzene rings is 2. The average Bonchev–Trinajstić information content (AvgIpc) is 3.03. The standard InChI is InChI=1S/C21H17NO4S/c1-11-17-13-9-15(25-2)16(26-3)10-14(13)18(12-7-5-4-6-8-12)22-19(17)20(27-11)21(23)24/h4-10H,1-3H3,(H,23,24). The van der Waals surface area contributed by atoms with Crippen LogP contribution < -0.4 is 9.47 Å². The van der Waals surface area contributed by atoms with Crippen molar-refractivity contribution in [2.75, 3.05) is 14.2 Å². The van der Waals surface area contributed by atoms with Crippen LogP contribution in [0.5, 0.6) is 11.5 Å². The number of hydrogen-bond donors (Lipinski definition) is 1. The number of carboxylic acids is 1. The second-order valence-electron chi connectivity index (χ2n) is 6.10. The highest BCUT2D eigenvalue weighted by molar-refractivity contribution is 7.15. The van der Waals surface area contributed by atoms with E-state index in [9.17, 15) is 9.90 Å². The molecule has 2 aromatic heterocycles. The van der Waals surface area contributed by atoms with Crippen molar-refractivity contribution in [1.29, 1.82) is 0 Å². The molecule has 0 amide bonds. The minimum atomic E-state index is -0.968. The molecule has 4 rings (SSSR count). The van der Waals surface area contributed by atoms with Crippen molar-refractivity contribution in [3.63, 3.8) is 0 Å². The molecule has 0 aliphatic carbocycles. The highest BCUT2D eigenvalue weighted by Crippen LogP contribution is 2.43. The zero-order chi connectivity index (χ0) is 19.1. The maximum absolute atomic E-state index is 11.8. The van der Waals surface area contributed by atoms with E-state index in [-0.39, 0.29) is 4.88 Å². The van der Waals surface area contributed by atoms with Crippen LogP contribution >= 0.6 is 11.3 Å². The number of carboxylic acid groups (broad SMARTS) is 1. The molecule has 0 fully saturated rings. The van der Waals surface area contributed by atoms with Gasteiger partial charge in [-0.2, -0.15) is 0 Å². The van der Waals surface area contributed by atoms with Gasteiger partial charge in [-0.3, -0.25) is 0 Å². The molecule has 2 heterocycles. The van der Waals surface area contributed by atoms with E-state index in [1.807, 2.05) is 49.4 Å². The average molecular weight is 379 g/mol. The lowest BCUT2D eigenvalue weighted by Gasteiger charge is -2.13. The van der Waals surface area contributed by atoms with Gasteiger partial charge in [-0.05, 0) is 24.4 Å². The summed E-state index contributed by atoms with van der Waals surface area (Å²) < 4.78 is 11.0. The molecule has 1 N–H and O–H groups in total. The Bertz CT molecular complexity index is 1180. The Kier molecular flexibility index (Phi) is 4.20. The maximum Gasteiger partial charge on any atom is 0.348 e. The number of carbonyl (C=O) groups is 1. The number of rotatable bonds is 4. The summed E-state index contributed by atoms with van der Waals surface area (Å²) in [5.41, 5.74) is 2.14. The fourth-order valence-electron chi connectivity index (χ4n) is 3.37. The van der Waals surface area contributed by atoms with E-state index in [1.165, 1.54) is 11.3 Å². The molecule has 0 aliphatic heterocycles. The molecule has 0 aliphatic rings. The van der Waals surface area contributed by atoms with Gasteiger partial charge < -0.3 is 14.6 Å². The normalized spacial score (nSPS) is 11.1. The number of fused-ring (bicyclic) bond motifs is 3. The van der Waals surface area contributed by atoms with Gasteiger partial charge in [-0.1, -0.05) is 30.3 Å². The Morgan fingerprint density at radius 1 is 1.04 bits per heavy atom. The summed E-state index contributed by atoms with van der Waals surface area (Å²) >= 11 is 1.24. The Hall–Kier alpha value is -3.12. The maximum atomic E-state index is 11.8. The van der Waals surface area contributed by atoms with Crippen LogP contribution in [-0.4, -0.2) is 30.3 Å². The number of aromatic nitrogens is 1. The van der Waals surface area contributed by atoms with Gasteiger partial charge >= 0.3 is 5.97 Å². The van der Waals surface area contributed by atoms with E-state index in [1.54, 1.807) is 14.2 Å². The number of methoxy groups -OCH3 is 2. The lowest BCUT2D eigenvalue weighted by molar-refractivity contribution is 0.0704. The van der Waals surface area contributed by atoms with Crippen molar-refractivity contribution in [3.8, 4) is 22.8 Å². The smallest absolute Gasteiger partial charge is 0.348 e. The summed E-state index contributed by atoms with van der Waals surface area (Å²) in [6, 6.07) is 13.5. The Morgan fingerprint density at radius 2 is 1.67 bits per heavy atom. The molecule has 5 nitrogen and oxygen atoms in total. The van der Waals surface area contributed by atoms with Gasteiger partial charge in [0.25, 0.3) is 0 Å². The number of ether oxygens (including phenoxy) is 2. The fraction of sp³-hybridized carbons (Fsp3) is 0.143. The molecule has 0 bridgehead atoms. The molecular weight excluding hydrogens is 362 g/mol. The first-order valence-electron chi connectivity index (χ1n) is 8.32. The van der Waals surface area contributed by atoms with Crippen LogP contribution in [0.15, 0.2) is 42.5 Å². The summed E-state index contributed by atoms with van der Waals surface area (Å²) in [6.07, 6.45) is 0. The molecular formula is C21H17NO4S. The number of nitrogens with zero attached hydrogens (tertiary/aromatic N) is 1. The molecule has 0 saturated carbocycles. The van der Waals surface area contributed by atoms with Crippen LogP contribution in [0.1, 0.15) is 14.5 Å². The monoisotopic (exact) mass is 379 g/mol. The van der Waals surface area contributed by atoms with Crippen molar-refractivity contribution >= 4 is 39.0 Å². The number of hydrogen-bond acceptors (Lipinski definition) is 5. The zero-order valence-electron chi connectivity index (χ0n) is 15.1. The van der Waals surface area contributed by atoms with Crippen molar-refractivity contribution < 1.29 is 19.4 Å². The van der Waals surface area contributed by atoms with Crippen molar-refractivity contribution in [2.45, 2.75) is 6.92 Å². The van der Waals surface area contributed by atoms with Gasteiger partial charge in [-0.15, -0.1) is 11.3 Å². The lowest BCUT2D eigenvalue weighted by atomic mass is 9.99. The summed E-state index contributed by atoms with van der Waals surface area (Å²) in [5, 5.41) is 12.3. The third-order valence-corrected chi connectivity index (χ3v) is 5.65. The summed E-state index contributed by atoms with van der Waals surface area (Å²) in [4.78, 5) is 17.7. The summed E-state index contributed by atoms with van der Waals surface area (Å²) in [5.74, 6) is 0.234. The van der Waals surface area contributed by atoms with E-state index < -0.39 is 5.97 Å². The van der Waals surface area contributed by atoms with Gasteiger partial charge in [0.15, 0.2) is 11.5 Å². The Labute approximate surface area is 159 Å². The third kappa shape index (κ3) is 2.69. The van der Waals surface area contributed by atoms with E-state index >= 15 is 0 Å². The van der Waals surface area contributed by atoms with Crippen molar-refractivity contribution in [2.24, 2.45) is 0 Å². The van der Waals surface area contributed by atoms with Crippen molar-refractivity contribution in [1.82, 2.24) is 4.98 Å². The predicted octanol–water partition coefficient (Wildman–Crippen LogP) is 5.14. The highest BCUT2D eigenvalue weighted by atomic mass is 32.1. The number of aryl methyl sites for hydroxylation is 1. The molecule has 6 heteroatoms. The molecule has 0 spiro atoms. The number of thiophene rings is 1. The second kappa shape index (κ2) is 6.55. The summed E-state index contributed by atoms with van der Waals surface area (Å²) in [7, 11) is 3.18. The molecule has 136 valence electrons. The second-order valence-corrected chi connectivity index (χ2v) is 7.32. The van der Waals surface area contributed by atoms with Gasteiger partial charge in [0.2, 0.25) is 0 Å². The van der Waals surface area contributed by atoms with Crippen LogP contribution in [0.2, 0.25) is 0 Å². The van der Waals surface area contributed by atoms with E-state index in [4.69, 9.17) is 14.5 Å². The SMILES string of the molecule is COc1cc2c(-c3ccccc3)nc3c(C(=O)O)sc(C)c3c2cc1OC. The van der Waals surface area contributed by atoms with Crippen LogP contribution in [0, 0.1) is 6.92 Å². The Morgan fingerprint density at radius 3 is 2.26 bits per heavy atom. The van der Waals surface area contributed by atoms with Crippen LogP contribution in [-0.2, 0) is 0 Å². The molecule has 0 saturated heterocycles. The minimum Gasteiger partial charge on any atom is -0.493 e. The first kappa shape index (κ1) is 17.3. The third-order valence-electron chi connectivity index (χ3n) is 4.57. The van der Waals surface area contributed by atoms with Gasteiger partial charge in [0.1, 0.15) is 4.88 Å². The van der Waals surface area contributed by atoms with Crippen LogP contribution in [0.3, 0.4) is 0 Å². The fourth-order valence-corrected chi connectivity index (χ4v) is 4.32. The number of aromatic carboxylic acids is 1. The van der Waals surface area contributed by atoms with Crippen LogP contribution in [0.25, 0.3) is 32.9 Å². The van der Waals surface area contributed by atoms with E-state index in [2.05, 4.69) is 0 Å². The Balaban J connectivity index is 2.23.